The molecule has 2 amide bonds. The third kappa shape index (κ3) is 4.81. The molecule has 0 bridgehead atoms. The summed E-state index contributed by atoms with van der Waals surface area (Å²) < 4.78 is 29.0. The minimum absolute atomic E-state index is 0.182. The summed E-state index contributed by atoms with van der Waals surface area (Å²) in [5.41, 5.74) is 4.02. The number of hydrogen-bond acceptors (Lipinski definition) is 4. The standard InChI is InChI=1S/C22H28N4O3S/c1-14(2)18-7-6-8-19(15(3)4)21(18)24-22(27)25-30(28,29)13-16-9-10-17-12-23-26(5)20(17)11-16/h6-12,14-15H,13H2,1-5H3,(H2,24,25,27). The zero-order chi connectivity index (χ0) is 22.1. The zero-order valence-corrected chi connectivity index (χ0v) is 18.7. The van der Waals surface area contributed by atoms with Gasteiger partial charge < -0.3 is 5.32 Å². The maximum absolute atomic E-state index is 12.6. The summed E-state index contributed by atoms with van der Waals surface area (Å²) in [5.74, 6) is 0.0622. The van der Waals surface area contributed by atoms with Crippen LogP contribution >= 0.6 is 0 Å². The van der Waals surface area contributed by atoms with Crippen LogP contribution in [0, 0.1) is 0 Å². The lowest BCUT2D eigenvalue weighted by Gasteiger charge is -2.20. The number of para-hydroxylation sites is 1. The maximum atomic E-state index is 12.6. The Bertz CT molecular complexity index is 1150. The minimum Gasteiger partial charge on any atom is -0.307 e. The molecular weight excluding hydrogens is 400 g/mol. The van der Waals surface area contributed by atoms with Gasteiger partial charge in [0.2, 0.25) is 10.0 Å². The molecule has 30 heavy (non-hydrogen) atoms. The maximum Gasteiger partial charge on any atom is 0.332 e. The molecule has 0 aliphatic heterocycles. The average Bonchev–Trinajstić information content (AvgIpc) is 3.01. The molecule has 0 radical (unpaired) electrons. The monoisotopic (exact) mass is 428 g/mol. The first-order valence-electron chi connectivity index (χ1n) is 9.92. The lowest BCUT2D eigenvalue weighted by atomic mass is 9.93. The fraction of sp³-hybridized carbons (Fsp3) is 0.364. The second kappa shape index (κ2) is 8.47. The zero-order valence-electron chi connectivity index (χ0n) is 17.9. The van der Waals surface area contributed by atoms with Gasteiger partial charge in [-0.2, -0.15) is 5.10 Å². The van der Waals surface area contributed by atoms with Crippen LogP contribution in [0.1, 0.15) is 56.2 Å². The van der Waals surface area contributed by atoms with E-state index in [9.17, 15) is 13.2 Å². The second-order valence-electron chi connectivity index (χ2n) is 8.10. The topological polar surface area (TPSA) is 93.1 Å². The molecule has 3 aromatic rings. The van der Waals surface area contributed by atoms with E-state index in [4.69, 9.17) is 0 Å². The Hall–Kier alpha value is -2.87. The number of anilines is 1. The Morgan fingerprint density at radius 2 is 1.70 bits per heavy atom. The van der Waals surface area contributed by atoms with Crippen molar-refractivity contribution in [2.24, 2.45) is 7.05 Å². The van der Waals surface area contributed by atoms with Crippen molar-refractivity contribution in [2.45, 2.75) is 45.3 Å². The van der Waals surface area contributed by atoms with Crippen molar-refractivity contribution in [3.8, 4) is 0 Å². The highest BCUT2D eigenvalue weighted by Crippen LogP contribution is 2.32. The smallest absolute Gasteiger partial charge is 0.307 e. The predicted octanol–water partition coefficient (Wildman–Crippen LogP) is 4.47. The van der Waals surface area contributed by atoms with Gasteiger partial charge in [-0.1, -0.05) is 58.0 Å². The number of sulfonamides is 1. The predicted molar refractivity (Wildman–Crippen MR) is 120 cm³/mol. The van der Waals surface area contributed by atoms with E-state index < -0.39 is 16.1 Å². The van der Waals surface area contributed by atoms with E-state index in [-0.39, 0.29) is 17.6 Å². The van der Waals surface area contributed by atoms with Gasteiger partial charge in [0, 0.05) is 18.1 Å². The number of fused-ring (bicyclic) bond motifs is 1. The lowest BCUT2D eigenvalue weighted by molar-refractivity contribution is 0.256. The van der Waals surface area contributed by atoms with Gasteiger partial charge in [0.05, 0.1) is 17.5 Å². The molecule has 0 unspecified atom stereocenters. The van der Waals surface area contributed by atoms with Gasteiger partial charge in [-0.25, -0.2) is 17.9 Å². The molecule has 8 heteroatoms. The van der Waals surface area contributed by atoms with Gasteiger partial charge in [0.25, 0.3) is 0 Å². The largest absolute Gasteiger partial charge is 0.332 e. The second-order valence-corrected chi connectivity index (χ2v) is 9.82. The van der Waals surface area contributed by atoms with Crippen LogP contribution in [0.2, 0.25) is 0 Å². The van der Waals surface area contributed by atoms with Crippen molar-refractivity contribution in [2.75, 3.05) is 5.32 Å². The van der Waals surface area contributed by atoms with Crippen molar-refractivity contribution >= 4 is 32.6 Å². The molecule has 2 aromatic carbocycles. The molecular formula is C22H28N4O3S. The van der Waals surface area contributed by atoms with Crippen molar-refractivity contribution in [1.29, 1.82) is 0 Å². The van der Waals surface area contributed by atoms with Gasteiger partial charge in [-0.3, -0.25) is 4.68 Å². The first-order chi connectivity index (χ1) is 14.1. The molecule has 1 heterocycles. The van der Waals surface area contributed by atoms with E-state index in [2.05, 4.69) is 15.1 Å². The number of urea groups is 1. The van der Waals surface area contributed by atoms with E-state index in [0.29, 0.717) is 11.3 Å². The van der Waals surface area contributed by atoms with Crippen LogP contribution in [0.25, 0.3) is 10.9 Å². The molecule has 2 N–H and O–H groups in total. The number of carbonyl (C=O) groups excluding carboxylic acids is 1. The lowest BCUT2D eigenvalue weighted by Crippen LogP contribution is -2.35. The fourth-order valence-corrected chi connectivity index (χ4v) is 4.53. The Morgan fingerprint density at radius 3 is 2.30 bits per heavy atom. The van der Waals surface area contributed by atoms with Crippen molar-refractivity contribution in [1.82, 2.24) is 14.5 Å². The van der Waals surface area contributed by atoms with E-state index >= 15 is 0 Å². The third-order valence-corrected chi connectivity index (χ3v) is 6.24. The molecule has 7 nitrogen and oxygen atoms in total. The molecule has 0 saturated carbocycles. The number of aromatic nitrogens is 2. The summed E-state index contributed by atoms with van der Waals surface area (Å²) in [5, 5.41) is 7.86. The molecule has 0 aliphatic rings. The van der Waals surface area contributed by atoms with Crippen molar-refractivity contribution in [3.63, 3.8) is 0 Å². The Morgan fingerprint density at radius 1 is 1.07 bits per heavy atom. The van der Waals surface area contributed by atoms with Crippen LogP contribution in [0.3, 0.4) is 0 Å². The van der Waals surface area contributed by atoms with Crippen molar-refractivity contribution < 1.29 is 13.2 Å². The normalized spacial score (nSPS) is 12.0. The molecule has 3 rings (SSSR count). The summed E-state index contributed by atoms with van der Waals surface area (Å²) in [6.45, 7) is 8.14. The number of rotatable bonds is 6. The highest BCUT2D eigenvalue weighted by Gasteiger charge is 2.20. The number of hydrogen-bond donors (Lipinski definition) is 2. The minimum atomic E-state index is -3.88. The van der Waals surface area contributed by atoms with Gasteiger partial charge in [0.15, 0.2) is 0 Å². The first-order valence-corrected chi connectivity index (χ1v) is 11.6. The SMILES string of the molecule is CC(C)c1cccc(C(C)C)c1NC(=O)NS(=O)(=O)Cc1ccc2cnn(C)c2c1. The Labute approximate surface area is 177 Å². The highest BCUT2D eigenvalue weighted by atomic mass is 32.2. The number of nitrogens with zero attached hydrogens (tertiary/aromatic N) is 2. The number of carbonyl (C=O) groups is 1. The molecule has 1 aromatic heterocycles. The van der Waals surface area contributed by atoms with Crippen LogP contribution in [-0.4, -0.2) is 24.2 Å². The van der Waals surface area contributed by atoms with Gasteiger partial charge in [-0.15, -0.1) is 0 Å². The van der Waals surface area contributed by atoms with E-state index in [1.165, 1.54) is 0 Å². The van der Waals surface area contributed by atoms with Gasteiger partial charge in [-0.05, 0) is 34.6 Å². The number of benzene rings is 2. The molecule has 0 saturated heterocycles. The molecule has 0 atom stereocenters. The van der Waals surface area contributed by atoms with E-state index in [0.717, 1.165) is 22.0 Å². The van der Waals surface area contributed by atoms with E-state index in [1.807, 2.05) is 52.0 Å². The number of amides is 2. The molecule has 0 spiro atoms. The number of nitrogens with one attached hydrogen (secondary N) is 2. The summed E-state index contributed by atoms with van der Waals surface area (Å²) in [4.78, 5) is 12.6. The summed E-state index contributed by atoms with van der Waals surface area (Å²) in [7, 11) is -2.08. The number of aryl methyl sites for hydroxylation is 1. The molecule has 0 aliphatic carbocycles. The van der Waals surface area contributed by atoms with Crippen molar-refractivity contribution in [3.05, 3.63) is 59.3 Å². The first kappa shape index (κ1) is 21.8. The average molecular weight is 429 g/mol. The summed E-state index contributed by atoms with van der Waals surface area (Å²) >= 11 is 0. The summed E-state index contributed by atoms with van der Waals surface area (Å²) in [6, 6.07) is 10.4. The Kier molecular flexibility index (Phi) is 6.17. The molecule has 0 fully saturated rings. The van der Waals surface area contributed by atoms with Crippen LogP contribution in [0.15, 0.2) is 42.6 Å². The van der Waals surface area contributed by atoms with E-state index in [1.54, 1.807) is 30.1 Å². The quantitative estimate of drug-likeness (QED) is 0.606. The highest BCUT2D eigenvalue weighted by molar-refractivity contribution is 7.89. The van der Waals surface area contributed by atoms with Gasteiger partial charge in [0.1, 0.15) is 0 Å². The van der Waals surface area contributed by atoms with Gasteiger partial charge >= 0.3 is 6.03 Å². The van der Waals surface area contributed by atoms with Crippen LogP contribution in [0.4, 0.5) is 10.5 Å². The van der Waals surface area contributed by atoms with Crippen LogP contribution < -0.4 is 10.0 Å². The third-order valence-electron chi connectivity index (χ3n) is 5.03. The Balaban J connectivity index is 1.79. The summed E-state index contributed by atoms with van der Waals surface area (Å²) in [6.07, 6.45) is 1.72. The van der Waals surface area contributed by atoms with Crippen LogP contribution in [0.5, 0.6) is 0 Å². The van der Waals surface area contributed by atoms with Crippen LogP contribution in [-0.2, 0) is 22.8 Å². The fourth-order valence-electron chi connectivity index (χ4n) is 3.51. The molecule has 160 valence electrons.